The number of pyridine rings is 1. The number of hydrogen-bond donors (Lipinski definition) is 0. The van der Waals surface area contributed by atoms with E-state index < -0.39 is 0 Å². The molecule has 0 bridgehead atoms. The third-order valence-electron chi connectivity index (χ3n) is 2.73. The highest BCUT2D eigenvalue weighted by molar-refractivity contribution is 5.11. The van der Waals surface area contributed by atoms with Crippen molar-refractivity contribution in [1.29, 1.82) is 0 Å². The van der Waals surface area contributed by atoms with Crippen LogP contribution in [0.5, 0.6) is 0 Å². The SMILES string of the molecule is CCCc1cccc(CCCC(C)(C)C)n1. The van der Waals surface area contributed by atoms with Gasteiger partial charge in [0.15, 0.2) is 0 Å². The summed E-state index contributed by atoms with van der Waals surface area (Å²) in [6.45, 7) is 9.10. The molecular weight excluding hydrogens is 194 g/mol. The summed E-state index contributed by atoms with van der Waals surface area (Å²) in [5.74, 6) is 0. The minimum Gasteiger partial charge on any atom is -0.258 e. The van der Waals surface area contributed by atoms with Crippen LogP contribution < -0.4 is 0 Å². The van der Waals surface area contributed by atoms with E-state index in [1.54, 1.807) is 0 Å². The average Bonchev–Trinajstić information content (AvgIpc) is 2.17. The Bertz CT molecular complexity index is 309. The van der Waals surface area contributed by atoms with Gasteiger partial charge in [0.1, 0.15) is 0 Å². The number of hydrogen-bond acceptors (Lipinski definition) is 1. The predicted octanol–water partition coefficient (Wildman–Crippen LogP) is 4.40. The summed E-state index contributed by atoms with van der Waals surface area (Å²) in [5, 5.41) is 0. The smallest absolute Gasteiger partial charge is 0.0406 e. The summed E-state index contributed by atoms with van der Waals surface area (Å²) in [6, 6.07) is 6.43. The van der Waals surface area contributed by atoms with Crippen LogP contribution in [0.15, 0.2) is 18.2 Å². The second-order valence-electron chi connectivity index (χ2n) is 5.78. The Balaban J connectivity index is 2.44. The largest absolute Gasteiger partial charge is 0.258 e. The van der Waals surface area contributed by atoms with Gasteiger partial charge in [0.25, 0.3) is 0 Å². The Kier molecular flexibility index (Phi) is 4.98. The Morgan fingerprint density at radius 3 is 2.25 bits per heavy atom. The van der Waals surface area contributed by atoms with E-state index in [0.717, 1.165) is 12.8 Å². The molecule has 0 amide bonds. The fourth-order valence-corrected chi connectivity index (χ4v) is 1.86. The number of aryl methyl sites for hydroxylation is 2. The van der Waals surface area contributed by atoms with Crippen LogP contribution in [-0.4, -0.2) is 4.98 Å². The second-order valence-corrected chi connectivity index (χ2v) is 5.78. The van der Waals surface area contributed by atoms with Crippen LogP contribution in [0.25, 0.3) is 0 Å². The molecule has 1 heterocycles. The van der Waals surface area contributed by atoms with Crippen LogP contribution in [0.2, 0.25) is 0 Å². The molecule has 0 fully saturated rings. The highest BCUT2D eigenvalue weighted by Crippen LogP contribution is 2.21. The second kappa shape index (κ2) is 6.03. The van der Waals surface area contributed by atoms with E-state index in [-0.39, 0.29) is 0 Å². The molecule has 0 saturated carbocycles. The zero-order chi connectivity index (χ0) is 12.0. The van der Waals surface area contributed by atoms with Crippen molar-refractivity contribution in [2.45, 2.75) is 59.8 Å². The van der Waals surface area contributed by atoms with Gasteiger partial charge in [-0.1, -0.05) is 40.2 Å². The zero-order valence-corrected chi connectivity index (χ0v) is 11.2. The van der Waals surface area contributed by atoms with Crippen molar-refractivity contribution in [3.8, 4) is 0 Å². The maximum atomic E-state index is 4.68. The van der Waals surface area contributed by atoms with Gasteiger partial charge >= 0.3 is 0 Å². The molecule has 0 N–H and O–H groups in total. The zero-order valence-electron chi connectivity index (χ0n) is 11.2. The summed E-state index contributed by atoms with van der Waals surface area (Å²) in [6.07, 6.45) is 5.92. The number of aromatic nitrogens is 1. The van der Waals surface area contributed by atoms with Crippen molar-refractivity contribution in [2.75, 3.05) is 0 Å². The Hall–Kier alpha value is -0.850. The molecule has 0 aliphatic rings. The van der Waals surface area contributed by atoms with Gasteiger partial charge in [-0.25, -0.2) is 0 Å². The first-order chi connectivity index (χ1) is 7.51. The topological polar surface area (TPSA) is 12.9 Å². The lowest BCUT2D eigenvalue weighted by Gasteiger charge is -2.17. The van der Waals surface area contributed by atoms with Crippen molar-refractivity contribution in [1.82, 2.24) is 4.98 Å². The van der Waals surface area contributed by atoms with E-state index >= 15 is 0 Å². The molecule has 0 unspecified atom stereocenters. The molecule has 1 aromatic heterocycles. The van der Waals surface area contributed by atoms with Crippen LogP contribution in [0.4, 0.5) is 0 Å². The van der Waals surface area contributed by atoms with Gasteiger partial charge in [0, 0.05) is 11.4 Å². The van der Waals surface area contributed by atoms with Crippen LogP contribution >= 0.6 is 0 Å². The van der Waals surface area contributed by atoms with E-state index in [0.29, 0.717) is 5.41 Å². The standard InChI is InChI=1S/C15H25N/c1-5-8-13-9-6-10-14(16-13)11-7-12-15(2,3)4/h6,9-10H,5,7-8,11-12H2,1-4H3. The van der Waals surface area contributed by atoms with Gasteiger partial charge in [-0.05, 0) is 43.2 Å². The maximum Gasteiger partial charge on any atom is 0.0406 e. The fourth-order valence-electron chi connectivity index (χ4n) is 1.86. The Labute approximate surface area is 100 Å². The van der Waals surface area contributed by atoms with Gasteiger partial charge in [0.05, 0.1) is 0 Å². The first-order valence-corrected chi connectivity index (χ1v) is 6.46. The molecule has 0 aliphatic carbocycles. The van der Waals surface area contributed by atoms with Gasteiger partial charge < -0.3 is 0 Å². The summed E-state index contributed by atoms with van der Waals surface area (Å²) in [5.41, 5.74) is 2.95. The lowest BCUT2D eigenvalue weighted by atomic mass is 9.89. The van der Waals surface area contributed by atoms with Gasteiger partial charge in [-0.2, -0.15) is 0 Å². The molecule has 1 rings (SSSR count). The molecular formula is C15H25N. The van der Waals surface area contributed by atoms with E-state index in [4.69, 9.17) is 0 Å². The summed E-state index contributed by atoms with van der Waals surface area (Å²) >= 11 is 0. The molecule has 0 aliphatic heterocycles. The summed E-state index contributed by atoms with van der Waals surface area (Å²) in [7, 11) is 0. The molecule has 1 aromatic rings. The molecule has 1 nitrogen and oxygen atoms in total. The summed E-state index contributed by atoms with van der Waals surface area (Å²) < 4.78 is 0. The predicted molar refractivity (Wildman–Crippen MR) is 70.6 cm³/mol. The molecule has 16 heavy (non-hydrogen) atoms. The monoisotopic (exact) mass is 219 g/mol. The lowest BCUT2D eigenvalue weighted by Crippen LogP contribution is -2.05. The number of nitrogens with zero attached hydrogens (tertiary/aromatic N) is 1. The van der Waals surface area contributed by atoms with E-state index in [2.05, 4.69) is 50.9 Å². The maximum absolute atomic E-state index is 4.68. The molecule has 0 aromatic carbocycles. The number of rotatable bonds is 5. The van der Waals surface area contributed by atoms with Gasteiger partial charge in [-0.3, -0.25) is 4.98 Å². The quantitative estimate of drug-likeness (QED) is 0.715. The lowest BCUT2D eigenvalue weighted by molar-refractivity contribution is 0.365. The van der Waals surface area contributed by atoms with Gasteiger partial charge in [0.2, 0.25) is 0 Å². The minimum atomic E-state index is 0.445. The first kappa shape index (κ1) is 13.2. The van der Waals surface area contributed by atoms with Crippen LogP contribution in [0, 0.1) is 5.41 Å². The molecule has 1 heteroatoms. The average molecular weight is 219 g/mol. The fraction of sp³-hybridized carbons (Fsp3) is 0.667. The van der Waals surface area contributed by atoms with Crippen molar-refractivity contribution < 1.29 is 0 Å². The molecule has 90 valence electrons. The normalized spacial score (nSPS) is 11.8. The van der Waals surface area contributed by atoms with Crippen molar-refractivity contribution in [3.05, 3.63) is 29.6 Å². The third-order valence-corrected chi connectivity index (χ3v) is 2.73. The Morgan fingerprint density at radius 1 is 1.06 bits per heavy atom. The van der Waals surface area contributed by atoms with E-state index in [9.17, 15) is 0 Å². The molecule has 0 radical (unpaired) electrons. The highest BCUT2D eigenvalue weighted by Gasteiger charge is 2.09. The highest BCUT2D eigenvalue weighted by atomic mass is 14.7. The Morgan fingerprint density at radius 2 is 1.69 bits per heavy atom. The minimum absolute atomic E-state index is 0.445. The first-order valence-electron chi connectivity index (χ1n) is 6.46. The van der Waals surface area contributed by atoms with Crippen molar-refractivity contribution >= 4 is 0 Å². The van der Waals surface area contributed by atoms with Crippen molar-refractivity contribution in [3.63, 3.8) is 0 Å². The van der Waals surface area contributed by atoms with E-state index in [1.165, 1.54) is 30.7 Å². The van der Waals surface area contributed by atoms with Crippen LogP contribution in [0.1, 0.15) is 58.3 Å². The van der Waals surface area contributed by atoms with Crippen molar-refractivity contribution in [2.24, 2.45) is 5.41 Å². The summed E-state index contributed by atoms with van der Waals surface area (Å²) in [4.78, 5) is 4.68. The molecule has 0 saturated heterocycles. The van der Waals surface area contributed by atoms with E-state index in [1.807, 2.05) is 0 Å². The van der Waals surface area contributed by atoms with Crippen LogP contribution in [-0.2, 0) is 12.8 Å². The molecule has 0 atom stereocenters. The molecule has 0 spiro atoms. The van der Waals surface area contributed by atoms with Gasteiger partial charge in [-0.15, -0.1) is 0 Å². The van der Waals surface area contributed by atoms with Crippen LogP contribution in [0.3, 0.4) is 0 Å². The third kappa shape index (κ3) is 5.29.